The first-order chi connectivity index (χ1) is 16.0. The van der Waals surface area contributed by atoms with Gasteiger partial charge in [-0.15, -0.1) is 11.3 Å². The molecule has 0 spiro atoms. The number of nitrogen functional groups attached to an aromatic ring is 1. The lowest BCUT2D eigenvalue weighted by Gasteiger charge is -2.23. The van der Waals surface area contributed by atoms with E-state index in [1.54, 1.807) is 6.08 Å². The van der Waals surface area contributed by atoms with Gasteiger partial charge in [0.2, 0.25) is 0 Å². The molecular formula is C25H22N4O3S. The van der Waals surface area contributed by atoms with Crippen molar-refractivity contribution >= 4 is 34.8 Å². The van der Waals surface area contributed by atoms with Gasteiger partial charge in [0.25, 0.3) is 11.5 Å². The molecule has 2 heterocycles. The average molecular weight is 459 g/mol. The van der Waals surface area contributed by atoms with Gasteiger partial charge >= 0.3 is 5.69 Å². The van der Waals surface area contributed by atoms with Gasteiger partial charge in [-0.1, -0.05) is 66.7 Å². The van der Waals surface area contributed by atoms with E-state index in [4.69, 9.17) is 5.73 Å². The summed E-state index contributed by atoms with van der Waals surface area (Å²) in [4.78, 5) is 43.2. The van der Waals surface area contributed by atoms with Crippen molar-refractivity contribution in [3.05, 3.63) is 121 Å². The molecule has 33 heavy (non-hydrogen) atoms. The topological polar surface area (TPSA) is 101 Å². The number of hydrogen-bond acceptors (Lipinski definition) is 5. The van der Waals surface area contributed by atoms with E-state index in [-0.39, 0.29) is 24.6 Å². The van der Waals surface area contributed by atoms with E-state index >= 15 is 0 Å². The smallest absolute Gasteiger partial charge is 0.330 e. The van der Waals surface area contributed by atoms with Crippen molar-refractivity contribution in [1.29, 1.82) is 0 Å². The predicted octanol–water partition coefficient (Wildman–Crippen LogP) is 3.48. The summed E-state index contributed by atoms with van der Waals surface area (Å²) >= 11 is 1.49. The molecule has 8 heteroatoms. The fraction of sp³-hybridized carbons (Fsp3) is 0.0800. The van der Waals surface area contributed by atoms with Gasteiger partial charge in [0.05, 0.1) is 13.1 Å². The van der Waals surface area contributed by atoms with E-state index in [1.807, 2.05) is 78.2 Å². The molecule has 0 bridgehead atoms. The molecule has 4 aromatic rings. The number of aromatic nitrogens is 2. The fourth-order valence-electron chi connectivity index (χ4n) is 3.42. The Balaban J connectivity index is 1.78. The highest BCUT2D eigenvalue weighted by Gasteiger charge is 2.23. The van der Waals surface area contributed by atoms with Crippen LogP contribution in [0.5, 0.6) is 0 Å². The molecule has 166 valence electrons. The Labute approximate surface area is 194 Å². The number of carbonyl (C=O) groups is 1. The Kier molecular flexibility index (Phi) is 6.66. The highest BCUT2D eigenvalue weighted by molar-refractivity contribution is 7.10. The first-order valence-electron chi connectivity index (χ1n) is 10.3. The summed E-state index contributed by atoms with van der Waals surface area (Å²) in [6, 6.07) is 22.3. The highest BCUT2D eigenvalue weighted by Crippen LogP contribution is 2.21. The van der Waals surface area contributed by atoms with Gasteiger partial charge in [0, 0.05) is 11.0 Å². The lowest BCUT2D eigenvalue weighted by Crippen LogP contribution is -2.40. The van der Waals surface area contributed by atoms with Crippen LogP contribution in [-0.4, -0.2) is 15.5 Å². The van der Waals surface area contributed by atoms with E-state index in [9.17, 15) is 14.4 Å². The maximum atomic E-state index is 13.3. The number of carbonyl (C=O) groups excluding carboxylic acids is 1. The third kappa shape index (κ3) is 5.19. The van der Waals surface area contributed by atoms with Gasteiger partial charge in [-0.25, -0.2) is 4.79 Å². The second-order valence-corrected chi connectivity index (χ2v) is 8.30. The molecule has 0 unspecified atom stereocenters. The van der Waals surface area contributed by atoms with Crippen molar-refractivity contribution in [3.8, 4) is 0 Å². The van der Waals surface area contributed by atoms with Gasteiger partial charge in [0.1, 0.15) is 5.82 Å². The molecule has 3 N–H and O–H groups in total. The Bertz CT molecular complexity index is 1370. The number of hydrogen-bond donors (Lipinski definition) is 2. The Hall–Kier alpha value is -4.17. The van der Waals surface area contributed by atoms with Crippen molar-refractivity contribution in [2.75, 3.05) is 10.6 Å². The first kappa shape index (κ1) is 22.0. The lowest BCUT2D eigenvalue weighted by molar-refractivity contribution is -0.114. The molecular weight excluding hydrogens is 436 g/mol. The van der Waals surface area contributed by atoms with Crippen LogP contribution in [0.25, 0.3) is 6.08 Å². The highest BCUT2D eigenvalue weighted by atomic mass is 32.1. The van der Waals surface area contributed by atoms with Gasteiger partial charge in [-0.3, -0.25) is 24.0 Å². The second-order valence-electron chi connectivity index (χ2n) is 7.32. The van der Waals surface area contributed by atoms with Crippen molar-refractivity contribution in [2.24, 2.45) is 0 Å². The maximum Gasteiger partial charge on any atom is 0.330 e. The van der Waals surface area contributed by atoms with E-state index < -0.39 is 17.2 Å². The number of rotatable bonds is 7. The molecule has 7 nitrogen and oxygen atoms in total. The molecule has 0 radical (unpaired) electrons. The molecule has 2 aromatic carbocycles. The second kappa shape index (κ2) is 9.97. The van der Waals surface area contributed by atoms with Crippen LogP contribution in [0.3, 0.4) is 0 Å². The number of amides is 1. The van der Waals surface area contributed by atoms with Crippen LogP contribution in [0.1, 0.15) is 16.0 Å². The summed E-state index contributed by atoms with van der Waals surface area (Å²) in [5.74, 6) is -0.490. The van der Waals surface area contributed by atoms with Crippen LogP contribution in [-0.2, 0) is 17.9 Å². The minimum atomic E-state index is -0.712. The molecule has 0 aliphatic carbocycles. The summed E-state index contributed by atoms with van der Waals surface area (Å²) in [5, 5.41) is 1.91. The van der Waals surface area contributed by atoms with Crippen LogP contribution in [0.2, 0.25) is 0 Å². The van der Waals surface area contributed by atoms with Crippen LogP contribution in [0.15, 0.2) is 93.8 Å². The monoisotopic (exact) mass is 458 g/mol. The van der Waals surface area contributed by atoms with Crippen molar-refractivity contribution in [1.82, 2.24) is 9.55 Å². The Morgan fingerprint density at radius 2 is 1.64 bits per heavy atom. The molecule has 0 aliphatic heterocycles. The zero-order valence-corrected chi connectivity index (χ0v) is 18.5. The number of anilines is 2. The molecule has 0 aliphatic rings. The van der Waals surface area contributed by atoms with E-state index in [0.29, 0.717) is 0 Å². The fourth-order valence-corrected chi connectivity index (χ4v) is 4.04. The van der Waals surface area contributed by atoms with Gasteiger partial charge < -0.3 is 5.73 Å². The van der Waals surface area contributed by atoms with Crippen LogP contribution >= 0.6 is 11.3 Å². The molecule has 1 amide bonds. The zero-order chi connectivity index (χ0) is 23.2. The van der Waals surface area contributed by atoms with Crippen molar-refractivity contribution < 1.29 is 4.79 Å². The standard InChI is InChI=1S/C25H22N4O3S/c26-23-22(24(31)27-25(32)29(23)17-19-10-5-2-6-11-19)28(16-18-8-3-1-4-9-18)21(30)14-13-20-12-7-15-33-20/h1-15H,16-17,26H2,(H,27,31,32). The van der Waals surface area contributed by atoms with Crippen molar-refractivity contribution in [2.45, 2.75) is 13.1 Å². The number of nitrogens with two attached hydrogens (primary N) is 1. The summed E-state index contributed by atoms with van der Waals surface area (Å²) in [6.45, 7) is 0.277. The number of nitrogens with zero attached hydrogens (tertiary/aromatic N) is 2. The van der Waals surface area contributed by atoms with Crippen LogP contribution < -0.4 is 21.9 Å². The van der Waals surface area contributed by atoms with Gasteiger partial charge in [-0.05, 0) is 28.6 Å². The summed E-state index contributed by atoms with van der Waals surface area (Å²) < 4.78 is 1.26. The van der Waals surface area contributed by atoms with E-state index in [2.05, 4.69) is 4.98 Å². The Morgan fingerprint density at radius 3 is 2.27 bits per heavy atom. The number of thiophene rings is 1. The maximum absolute atomic E-state index is 13.3. The predicted molar refractivity (Wildman–Crippen MR) is 132 cm³/mol. The minimum absolute atomic E-state index is 0.0600. The summed E-state index contributed by atoms with van der Waals surface area (Å²) in [5.41, 5.74) is 6.59. The molecule has 0 saturated carbocycles. The molecule has 0 fully saturated rings. The average Bonchev–Trinajstić information content (AvgIpc) is 3.34. The minimum Gasteiger partial charge on any atom is -0.383 e. The Morgan fingerprint density at radius 1 is 0.970 bits per heavy atom. The summed E-state index contributed by atoms with van der Waals surface area (Å²) in [7, 11) is 0. The largest absolute Gasteiger partial charge is 0.383 e. The zero-order valence-electron chi connectivity index (χ0n) is 17.7. The van der Waals surface area contributed by atoms with Crippen LogP contribution in [0.4, 0.5) is 11.5 Å². The molecule has 0 atom stereocenters. The molecule has 4 rings (SSSR count). The molecule has 2 aromatic heterocycles. The lowest BCUT2D eigenvalue weighted by atomic mass is 10.2. The number of aromatic amines is 1. The van der Waals surface area contributed by atoms with Crippen molar-refractivity contribution in [3.63, 3.8) is 0 Å². The third-order valence-electron chi connectivity index (χ3n) is 5.05. The van der Waals surface area contributed by atoms with Gasteiger partial charge in [0.15, 0.2) is 5.69 Å². The number of nitrogens with one attached hydrogen (secondary N) is 1. The van der Waals surface area contributed by atoms with Gasteiger partial charge in [-0.2, -0.15) is 0 Å². The number of H-pyrrole nitrogens is 1. The molecule has 0 saturated heterocycles. The number of benzene rings is 2. The van der Waals surface area contributed by atoms with Crippen LogP contribution in [0, 0.1) is 0 Å². The quantitative estimate of drug-likeness (QED) is 0.414. The van der Waals surface area contributed by atoms with E-state index in [1.165, 1.54) is 26.9 Å². The SMILES string of the molecule is Nc1c(N(Cc2ccccc2)C(=O)C=Cc2cccs2)c(=O)[nH]c(=O)n1Cc1ccccc1. The first-order valence-corrected chi connectivity index (χ1v) is 11.1. The van der Waals surface area contributed by atoms with E-state index in [0.717, 1.165) is 16.0 Å². The summed E-state index contributed by atoms with van der Waals surface area (Å²) in [6.07, 6.45) is 3.09. The normalized spacial score (nSPS) is 11.0. The third-order valence-corrected chi connectivity index (χ3v) is 5.89.